The van der Waals surface area contributed by atoms with Gasteiger partial charge in [0.05, 0.1) is 12.2 Å². The zero-order valence-corrected chi connectivity index (χ0v) is 9.54. The lowest BCUT2D eigenvalue weighted by Crippen LogP contribution is -1.95. The molecule has 2 aliphatic rings. The molecule has 4 heteroatoms. The van der Waals surface area contributed by atoms with Gasteiger partial charge in [0.15, 0.2) is 0 Å². The fourth-order valence-corrected chi connectivity index (χ4v) is 3.00. The first-order chi connectivity index (χ1) is 5.86. The summed E-state index contributed by atoms with van der Waals surface area (Å²) in [5.74, 6) is 1.69. The fraction of sp³-hybridized carbons (Fsp3) is 1.00. The average Bonchev–Trinajstić information content (AvgIpc) is 2.85. The Morgan fingerprint density at radius 1 is 0.917 bits per heavy atom. The van der Waals surface area contributed by atoms with Crippen molar-refractivity contribution in [3.05, 3.63) is 0 Å². The van der Waals surface area contributed by atoms with Crippen LogP contribution < -0.4 is 0 Å². The number of hydrogen-bond acceptors (Lipinski definition) is 2. The maximum absolute atomic E-state index is 5.57. The summed E-state index contributed by atoms with van der Waals surface area (Å²) in [6.45, 7) is 4.20. The molecule has 2 nitrogen and oxygen atoms in total. The van der Waals surface area contributed by atoms with Crippen LogP contribution in [0.4, 0.5) is 0 Å². The van der Waals surface area contributed by atoms with Crippen molar-refractivity contribution in [2.24, 2.45) is 11.8 Å². The molecule has 0 aromatic heterocycles. The average molecular weight is 206 g/mol. The van der Waals surface area contributed by atoms with E-state index in [1.807, 2.05) is 0 Å². The van der Waals surface area contributed by atoms with Crippen molar-refractivity contribution in [3.8, 4) is 0 Å². The van der Waals surface area contributed by atoms with E-state index in [4.69, 9.17) is 9.05 Å². The topological polar surface area (TPSA) is 18.5 Å². The predicted molar refractivity (Wildman–Crippen MR) is 54.4 cm³/mol. The molecule has 0 aromatic rings. The van der Waals surface area contributed by atoms with Crippen LogP contribution in [0.25, 0.3) is 0 Å². The van der Waals surface area contributed by atoms with Gasteiger partial charge in [0, 0.05) is 17.6 Å². The molecule has 2 aliphatic carbocycles. The Labute approximate surface area is 77.5 Å². The highest BCUT2D eigenvalue weighted by molar-refractivity contribution is 7.31. The predicted octanol–water partition coefficient (Wildman–Crippen LogP) is 2.24. The van der Waals surface area contributed by atoms with E-state index in [0.717, 1.165) is 11.8 Å². The molecule has 2 fully saturated rings. The van der Waals surface area contributed by atoms with Gasteiger partial charge in [-0.3, -0.25) is 0 Å². The summed E-state index contributed by atoms with van der Waals surface area (Å²) in [6.07, 6.45) is 3.76. The first-order valence-electron chi connectivity index (χ1n) is 4.51. The Hall–Kier alpha value is 0.780. The molecule has 2 rings (SSSR count). The smallest absolute Gasteiger partial charge is 0.0650 e. The molecule has 0 aromatic carbocycles. The zero-order valence-electron chi connectivity index (χ0n) is 7.54. The first kappa shape index (κ1) is 9.34. The van der Waals surface area contributed by atoms with Crippen molar-refractivity contribution in [2.75, 3.05) is 13.3 Å². The summed E-state index contributed by atoms with van der Waals surface area (Å²) in [7, 11) is 1.32. The summed E-state index contributed by atoms with van der Waals surface area (Å²) >= 11 is 0. The molecule has 0 bridgehead atoms. The molecule has 6 atom stereocenters. The van der Waals surface area contributed by atoms with Crippen LogP contribution in [0.5, 0.6) is 0 Å². The Morgan fingerprint density at radius 2 is 1.33 bits per heavy atom. The largest absolute Gasteiger partial charge is 0.359 e. The maximum atomic E-state index is 5.57. The second-order valence-electron chi connectivity index (χ2n) is 3.52. The quantitative estimate of drug-likeness (QED) is 0.642. The molecule has 0 aliphatic heterocycles. The normalized spacial score (nSPS) is 46.5. The van der Waals surface area contributed by atoms with E-state index in [9.17, 15) is 0 Å². The third-order valence-electron chi connectivity index (χ3n) is 2.65. The van der Waals surface area contributed by atoms with Gasteiger partial charge in [-0.05, 0) is 38.0 Å². The lowest BCUT2D eigenvalue weighted by atomic mass is 10.3. The van der Waals surface area contributed by atoms with E-state index in [0.29, 0.717) is 29.8 Å². The molecule has 0 radical (unpaired) electrons. The van der Waals surface area contributed by atoms with Crippen molar-refractivity contribution < 1.29 is 9.05 Å². The SMILES string of the molecule is CPOC1CC1C1CC1OPC. The number of hydrogen-bond donors (Lipinski definition) is 0. The van der Waals surface area contributed by atoms with Crippen LogP contribution in [-0.4, -0.2) is 25.5 Å². The van der Waals surface area contributed by atoms with E-state index in [1.54, 1.807) is 0 Å². The van der Waals surface area contributed by atoms with Gasteiger partial charge in [0.25, 0.3) is 0 Å². The molecule has 0 heterocycles. The monoisotopic (exact) mass is 206 g/mol. The summed E-state index contributed by atoms with van der Waals surface area (Å²) in [5, 5.41) is 0. The fourth-order valence-electron chi connectivity index (χ4n) is 1.85. The molecule has 2 saturated carbocycles. The third-order valence-corrected chi connectivity index (χ3v) is 3.72. The van der Waals surface area contributed by atoms with Gasteiger partial charge >= 0.3 is 0 Å². The van der Waals surface area contributed by atoms with Crippen molar-refractivity contribution in [2.45, 2.75) is 25.0 Å². The second-order valence-corrected chi connectivity index (χ2v) is 4.81. The van der Waals surface area contributed by atoms with Crippen molar-refractivity contribution in [1.82, 2.24) is 0 Å². The zero-order chi connectivity index (χ0) is 8.55. The van der Waals surface area contributed by atoms with E-state index in [1.165, 1.54) is 12.8 Å². The van der Waals surface area contributed by atoms with Crippen LogP contribution >= 0.6 is 17.6 Å². The van der Waals surface area contributed by atoms with Gasteiger partial charge in [0.2, 0.25) is 0 Å². The standard InChI is InChI=1S/C8H16O2P2/c1-11-9-7-3-5(7)6-4-8(6)10-12-2/h5-8,11-12H,3-4H2,1-2H3. The van der Waals surface area contributed by atoms with Crippen LogP contribution in [0, 0.1) is 11.8 Å². The minimum Gasteiger partial charge on any atom is -0.359 e. The van der Waals surface area contributed by atoms with Gasteiger partial charge in [-0.1, -0.05) is 0 Å². The van der Waals surface area contributed by atoms with E-state index in [2.05, 4.69) is 13.3 Å². The van der Waals surface area contributed by atoms with Crippen LogP contribution in [0.3, 0.4) is 0 Å². The second kappa shape index (κ2) is 3.88. The molecule has 6 unspecified atom stereocenters. The van der Waals surface area contributed by atoms with Crippen LogP contribution in [-0.2, 0) is 9.05 Å². The molecule has 0 spiro atoms. The van der Waals surface area contributed by atoms with Gasteiger partial charge < -0.3 is 9.05 Å². The van der Waals surface area contributed by atoms with E-state index >= 15 is 0 Å². The third kappa shape index (κ3) is 1.99. The van der Waals surface area contributed by atoms with Crippen LogP contribution in [0.1, 0.15) is 12.8 Å². The highest BCUT2D eigenvalue weighted by Gasteiger charge is 2.54. The highest BCUT2D eigenvalue weighted by Crippen LogP contribution is 2.55. The molecular weight excluding hydrogens is 190 g/mol. The molecule has 12 heavy (non-hydrogen) atoms. The summed E-state index contributed by atoms with van der Waals surface area (Å²) in [4.78, 5) is 0. The minimum atomic E-state index is 0.590. The molecule has 0 saturated heterocycles. The van der Waals surface area contributed by atoms with Gasteiger partial charge in [-0.2, -0.15) is 0 Å². The molecule has 0 N–H and O–H groups in total. The summed E-state index contributed by atoms with van der Waals surface area (Å²) in [5.41, 5.74) is 0. The highest BCUT2D eigenvalue weighted by atomic mass is 31.1. The van der Waals surface area contributed by atoms with Gasteiger partial charge in [0.1, 0.15) is 0 Å². The summed E-state index contributed by atoms with van der Waals surface area (Å²) in [6, 6.07) is 0. The van der Waals surface area contributed by atoms with Gasteiger partial charge in [-0.25, -0.2) is 0 Å². The van der Waals surface area contributed by atoms with E-state index in [-0.39, 0.29) is 0 Å². The minimum absolute atomic E-state index is 0.590. The Balaban J connectivity index is 1.64. The van der Waals surface area contributed by atoms with Gasteiger partial charge in [-0.15, -0.1) is 0 Å². The van der Waals surface area contributed by atoms with E-state index < -0.39 is 0 Å². The molecule has 0 amide bonds. The lowest BCUT2D eigenvalue weighted by Gasteiger charge is -1.99. The number of rotatable bonds is 5. The van der Waals surface area contributed by atoms with Crippen molar-refractivity contribution in [3.63, 3.8) is 0 Å². The van der Waals surface area contributed by atoms with Crippen molar-refractivity contribution >= 4 is 17.6 Å². The van der Waals surface area contributed by atoms with Crippen molar-refractivity contribution in [1.29, 1.82) is 0 Å². The van der Waals surface area contributed by atoms with Crippen LogP contribution in [0.15, 0.2) is 0 Å². The Morgan fingerprint density at radius 3 is 1.67 bits per heavy atom. The Bertz CT molecular complexity index is 147. The lowest BCUT2D eigenvalue weighted by molar-refractivity contribution is 0.285. The summed E-state index contributed by atoms with van der Waals surface area (Å²) < 4.78 is 11.1. The molecular formula is C8H16O2P2. The first-order valence-corrected chi connectivity index (χ1v) is 7.33. The Kier molecular flexibility index (Phi) is 3.02. The maximum Gasteiger partial charge on any atom is 0.0650 e. The van der Waals surface area contributed by atoms with Crippen LogP contribution in [0.2, 0.25) is 0 Å². The molecule has 70 valence electrons.